The number of aryl methyl sites for hydroxylation is 1. The molecule has 7 nitrogen and oxygen atoms in total. The van der Waals surface area contributed by atoms with Gasteiger partial charge in [0.05, 0.1) is 29.4 Å². The Morgan fingerprint density at radius 1 is 1.06 bits per heavy atom. The van der Waals surface area contributed by atoms with E-state index >= 15 is 0 Å². The van der Waals surface area contributed by atoms with Crippen molar-refractivity contribution >= 4 is 32.2 Å². The number of morpholine rings is 1. The number of ether oxygens (including phenoxy) is 1. The maximum Gasteiger partial charge on any atom is 0.180 e. The molecule has 3 aromatic rings. The Balaban J connectivity index is 1.45. The van der Waals surface area contributed by atoms with Crippen molar-refractivity contribution in [3.8, 4) is 0 Å². The summed E-state index contributed by atoms with van der Waals surface area (Å²) in [6, 6.07) is 15.6. The molecule has 0 atom stereocenters. The zero-order chi connectivity index (χ0) is 22.8. The van der Waals surface area contributed by atoms with E-state index in [1.807, 2.05) is 18.2 Å². The third kappa shape index (κ3) is 4.83. The maximum absolute atomic E-state index is 12.8. The molecule has 5 rings (SSSR count). The maximum atomic E-state index is 12.8. The highest BCUT2D eigenvalue weighted by Gasteiger charge is 2.26. The van der Waals surface area contributed by atoms with Gasteiger partial charge in [0.15, 0.2) is 9.84 Å². The minimum Gasteiger partial charge on any atom is -0.383 e. The van der Waals surface area contributed by atoms with Gasteiger partial charge in [-0.15, -0.1) is 0 Å². The lowest BCUT2D eigenvalue weighted by Crippen LogP contribution is -2.39. The van der Waals surface area contributed by atoms with Gasteiger partial charge in [-0.1, -0.05) is 29.8 Å². The van der Waals surface area contributed by atoms with E-state index in [0.29, 0.717) is 18.0 Å². The molecular formula is C25H30N4O3S. The van der Waals surface area contributed by atoms with Crippen molar-refractivity contribution in [1.29, 1.82) is 0 Å². The summed E-state index contributed by atoms with van der Waals surface area (Å²) in [7, 11) is -3.31. The monoisotopic (exact) mass is 466 g/mol. The second kappa shape index (κ2) is 9.29. The van der Waals surface area contributed by atoms with Crippen molar-refractivity contribution in [2.75, 3.05) is 61.9 Å². The van der Waals surface area contributed by atoms with Crippen LogP contribution in [0.5, 0.6) is 0 Å². The molecule has 0 spiro atoms. The quantitative estimate of drug-likeness (QED) is 0.619. The molecular weight excluding hydrogens is 436 g/mol. The van der Waals surface area contributed by atoms with Crippen LogP contribution in [0.15, 0.2) is 53.4 Å². The molecule has 1 saturated heterocycles. The standard InChI is InChI=1S/C25H30N4O3S/c1-19-6-7-22-21(16-19)23(26-8-9-28-10-13-32-14-11-28)17-25(27-22)29-12-15-33(30,31)24-5-3-2-4-20(24)18-29/h2-7,16-17H,8-15,18H2,1H3,(H,26,27). The Morgan fingerprint density at radius 3 is 2.73 bits per heavy atom. The summed E-state index contributed by atoms with van der Waals surface area (Å²) in [5.74, 6) is 0.879. The fourth-order valence-corrected chi connectivity index (χ4v) is 6.06. The predicted molar refractivity (Wildman–Crippen MR) is 132 cm³/mol. The van der Waals surface area contributed by atoms with Gasteiger partial charge in [0.25, 0.3) is 0 Å². The van der Waals surface area contributed by atoms with Crippen LogP contribution < -0.4 is 10.2 Å². The minimum absolute atomic E-state index is 0.0808. The summed E-state index contributed by atoms with van der Waals surface area (Å²) in [6.07, 6.45) is 0. The van der Waals surface area contributed by atoms with Gasteiger partial charge in [0.1, 0.15) is 5.82 Å². The molecule has 0 saturated carbocycles. The Morgan fingerprint density at radius 2 is 1.88 bits per heavy atom. The number of nitrogens with one attached hydrogen (secondary N) is 1. The first-order valence-corrected chi connectivity index (χ1v) is 13.2. The molecule has 0 amide bonds. The number of fused-ring (bicyclic) bond motifs is 2. The van der Waals surface area contributed by atoms with E-state index in [1.165, 1.54) is 5.56 Å². The number of rotatable bonds is 5. The number of sulfone groups is 1. The molecule has 0 radical (unpaired) electrons. The lowest BCUT2D eigenvalue weighted by Gasteiger charge is -2.27. The second-order valence-electron chi connectivity index (χ2n) is 8.78. The Kier molecular flexibility index (Phi) is 6.23. The van der Waals surface area contributed by atoms with E-state index in [0.717, 1.165) is 67.4 Å². The molecule has 33 heavy (non-hydrogen) atoms. The first kappa shape index (κ1) is 22.1. The molecule has 174 valence electrons. The van der Waals surface area contributed by atoms with Gasteiger partial charge < -0.3 is 15.0 Å². The fourth-order valence-electron chi connectivity index (χ4n) is 4.57. The molecule has 1 N–H and O–H groups in total. The first-order chi connectivity index (χ1) is 16.0. The Bertz CT molecular complexity index is 1260. The average Bonchev–Trinajstić information content (AvgIpc) is 2.96. The van der Waals surface area contributed by atoms with Crippen LogP contribution in [-0.2, 0) is 21.1 Å². The Hall–Kier alpha value is -2.68. The van der Waals surface area contributed by atoms with Crippen molar-refractivity contribution in [2.45, 2.75) is 18.4 Å². The van der Waals surface area contributed by atoms with Gasteiger partial charge in [0, 0.05) is 56.4 Å². The van der Waals surface area contributed by atoms with Gasteiger partial charge in [-0.2, -0.15) is 0 Å². The third-order valence-electron chi connectivity index (χ3n) is 6.42. The predicted octanol–water partition coefficient (Wildman–Crippen LogP) is 3.08. The van der Waals surface area contributed by atoms with Crippen LogP contribution in [0.3, 0.4) is 0 Å². The lowest BCUT2D eigenvalue weighted by molar-refractivity contribution is 0.0398. The molecule has 0 unspecified atom stereocenters. The summed E-state index contributed by atoms with van der Waals surface area (Å²) in [5, 5.41) is 4.71. The van der Waals surface area contributed by atoms with E-state index in [-0.39, 0.29) is 5.75 Å². The summed E-state index contributed by atoms with van der Waals surface area (Å²) >= 11 is 0. The molecule has 0 bridgehead atoms. The minimum atomic E-state index is -3.31. The van der Waals surface area contributed by atoms with Gasteiger partial charge in [-0.3, -0.25) is 4.90 Å². The molecule has 8 heteroatoms. The van der Waals surface area contributed by atoms with Crippen LogP contribution in [0.1, 0.15) is 11.1 Å². The van der Waals surface area contributed by atoms with E-state index in [9.17, 15) is 8.42 Å². The number of anilines is 2. The molecule has 2 aliphatic rings. The van der Waals surface area contributed by atoms with Crippen molar-refractivity contribution < 1.29 is 13.2 Å². The van der Waals surface area contributed by atoms with Crippen molar-refractivity contribution in [1.82, 2.24) is 9.88 Å². The second-order valence-corrected chi connectivity index (χ2v) is 10.9. The van der Waals surface area contributed by atoms with Gasteiger partial charge >= 0.3 is 0 Å². The fraction of sp³-hybridized carbons (Fsp3) is 0.400. The number of aromatic nitrogens is 1. The third-order valence-corrected chi connectivity index (χ3v) is 8.21. The van der Waals surface area contributed by atoms with Gasteiger partial charge in [0.2, 0.25) is 0 Å². The number of hydrogen-bond donors (Lipinski definition) is 1. The smallest absolute Gasteiger partial charge is 0.180 e. The summed E-state index contributed by atoms with van der Waals surface area (Å²) in [4.78, 5) is 9.85. The molecule has 2 aromatic carbocycles. The van der Waals surface area contributed by atoms with Gasteiger partial charge in [-0.25, -0.2) is 13.4 Å². The molecule has 1 aromatic heterocycles. The van der Waals surface area contributed by atoms with Crippen LogP contribution in [-0.4, -0.2) is 70.0 Å². The summed E-state index contributed by atoms with van der Waals surface area (Å²) < 4.78 is 31.1. The molecule has 1 fully saturated rings. The molecule has 3 heterocycles. The Labute approximate surface area is 195 Å². The van der Waals surface area contributed by atoms with Gasteiger partial charge in [-0.05, 0) is 30.7 Å². The van der Waals surface area contributed by atoms with Crippen molar-refractivity contribution in [2.24, 2.45) is 0 Å². The number of pyridine rings is 1. The summed E-state index contributed by atoms with van der Waals surface area (Å²) in [5.41, 5.74) is 3.95. The number of nitrogens with zero attached hydrogens (tertiary/aromatic N) is 3. The number of hydrogen-bond acceptors (Lipinski definition) is 7. The highest BCUT2D eigenvalue weighted by atomic mass is 32.2. The SMILES string of the molecule is Cc1ccc2nc(N3CCS(=O)(=O)c4ccccc4C3)cc(NCCN3CCOCC3)c2c1. The first-order valence-electron chi connectivity index (χ1n) is 11.5. The molecule has 2 aliphatic heterocycles. The van der Waals surface area contributed by atoms with Crippen molar-refractivity contribution in [3.63, 3.8) is 0 Å². The van der Waals surface area contributed by atoms with Crippen LogP contribution in [0, 0.1) is 6.92 Å². The topological polar surface area (TPSA) is 74.8 Å². The average molecular weight is 467 g/mol. The number of benzene rings is 2. The lowest BCUT2D eigenvalue weighted by atomic mass is 10.1. The van der Waals surface area contributed by atoms with E-state index in [4.69, 9.17) is 9.72 Å². The molecule has 0 aliphatic carbocycles. The van der Waals surface area contributed by atoms with Crippen LogP contribution in [0.2, 0.25) is 0 Å². The normalized spacial score (nSPS) is 18.6. The highest BCUT2D eigenvalue weighted by Crippen LogP contribution is 2.31. The van der Waals surface area contributed by atoms with Crippen molar-refractivity contribution in [3.05, 3.63) is 59.7 Å². The van der Waals surface area contributed by atoms with Crippen LogP contribution in [0.4, 0.5) is 11.5 Å². The van der Waals surface area contributed by atoms with E-state index < -0.39 is 9.84 Å². The highest BCUT2D eigenvalue weighted by molar-refractivity contribution is 7.91. The van der Waals surface area contributed by atoms with Crippen LogP contribution >= 0.6 is 0 Å². The van der Waals surface area contributed by atoms with Crippen LogP contribution in [0.25, 0.3) is 10.9 Å². The zero-order valence-electron chi connectivity index (χ0n) is 19.0. The zero-order valence-corrected chi connectivity index (χ0v) is 19.8. The van der Waals surface area contributed by atoms with E-state index in [1.54, 1.807) is 12.1 Å². The largest absolute Gasteiger partial charge is 0.383 e. The summed E-state index contributed by atoms with van der Waals surface area (Å²) in [6.45, 7) is 8.30. The van der Waals surface area contributed by atoms with E-state index in [2.05, 4.69) is 40.2 Å².